The van der Waals surface area contributed by atoms with Gasteiger partial charge in [0.25, 0.3) is 0 Å². The van der Waals surface area contributed by atoms with E-state index in [1.165, 1.54) is 13.8 Å². The van der Waals surface area contributed by atoms with Gasteiger partial charge in [0.05, 0.1) is 0 Å². The number of hydrogen-bond acceptors (Lipinski definition) is 3. The lowest BCUT2D eigenvalue weighted by molar-refractivity contribution is -0.156. The molecule has 0 aromatic carbocycles. The molecule has 0 radical (unpaired) electrons. The summed E-state index contributed by atoms with van der Waals surface area (Å²) in [4.78, 5) is 21.2. The third-order valence-corrected chi connectivity index (χ3v) is 2.31. The summed E-state index contributed by atoms with van der Waals surface area (Å²) in [7, 11) is 0. The number of rotatable bonds is 8. The highest BCUT2D eigenvalue weighted by Crippen LogP contribution is 2.15. The van der Waals surface area contributed by atoms with Crippen LogP contribution < -0.4 is 0 Å². The van der Waals surface area contributed by atoms with Gasteiger partial charge in [-0.3, -0.25) is 0 Å². The molecule has 0 aliphatic carbocycles. The van der Waals surface area contributed by atoms with E-state index in [1.54, 1.807) is 18.2 Å². The zero-order valence-electron chi connectivity index (χ0n) is 11.1. The van der Waals surface area contributed by atoms with Crippen LogP contribution in [0.25, 0.3) is 0 Å². The van der Waals surface area contributed by atoms with E-state index in [4.69, 9.17) is 9.84 Å². The van der Waals surface area contributed by atoms with Gasteiger partial charge in [0, 0.05) is 6.42 Å². The van der Waals surface area contributed by atoms with Crippen LogP contribution in [-0.4, -0.2) is 23.0 Å². The molecule has 0 saturated carbocycles. The summed E-state index contributed by atoms with van der Waals surface area (Å²) in [5.41, 5.74) is -0.312. The van der Waals surface area contributed by atoms with Gasteiger partial charge in [-0.2, -0.15) is 0 Å². The van der Waals surface area contributed by atoms with Gasteiger partial charge < -0.3 is 14.6 Å². The van der Waals surface area contributed by atoms with Gasteiger partial charge in [0.1, 0.15) is 12.0 Å². The van der Waals surface area contributed by atoms with Crippen molar-refractivity contribution in [3.63, 3.8) is 0 Å². The summed E-state index contributed by atoms with van der Waals surface area (Å²) in [6.45, 7) is 8.49. The number of aldehydes is 1. The van der Waals surface area contributed by atoms with Gasteiger partial charge in [-0.05, 0) is 26.3 Å². The first-order valence-corrected chi connectivity index (χ1v) is 5.74. The second-order valence-electron chi connectivity index (χ2n) is 4.29. The van der Waals surface area contributed by atoms with Crippen molar-refractivity contribution in [3.05, 3.63) is 36.1 Å². The zero-order valence-corrected chi connectivity index (χ0v) is 11.1. The van der Waals surface area contributed by atoms with Crippen LogP contribution in [0.15, 0.2) is 36.1 Å². The molecular formula is C14H20O4. The van der Waals surface area contributed by atoms with Gasteiger partial charge in [-0.1, -0.05) is 31.2 Å². The number of allylic oxidation sites excluding steroid dienone is 4. The van der Waals surface area contributed by atoms with Gasteiger partial charge in [-0.25, -0.2) is 4.79 Å². The number of carbonyl (C=O) groups is 2. The molecule has 0 aliphatic rings. The Hall–Kier alpha value is -1.84. The van der Waals surface area contributed by atoms with Crippen LogP contribution >= 0.6 is 0 Å². The molecule has 0 rings (SSSR count). The quantitative estimate of drug-likeness (QED) is 0.410. The standard InChI is InChI=1S/C14H20O4/c1-5-12(9-10-15)8-6-7-11(2)18-14(3,4)13(16)17/h6-8,10H,2,5,9H2,1,3-4H3,(H,16,17)/b7-6-,12-8+. The van der Waals surface area contributed by atoms with E-state index in [0.717, 1.165) is 18.3 Å². The molecule has 0 bridgehead atoms. The second kappa shape index (κ2) is 7.48. The highest BCUT2D eigenvalue weighted by Gasteiger charge is 2.29. The largest absolute Gasteiger partial charge is 0.478 e. The first kappa shape index (κ1) is 16.2. The van der Waals surface area contributed by atoms with E-state index in [0.29, 0.717) is 6.42 Å². The van der Waals surface area contributed by atoms with E-state index in [1.807, 2.05) is 6.92 Å². The molecule has 0 unspecified atom stereocenters. The molecule has 0 heterocycles. The number of carbonyl (C=O) groups excluding carboxylic acids is 1. The number of hydrogen-bond donors (Lipinski definition) is 1. The van der Waals surface area contributed by atoms with Gasteiger partial charge in [0.15, 0.2) is 5.60 Å². The molecule has 0 spiro atoms. The van der Waals surface area contributed by atoms with Crippen LogP contribution in [-0.2, 0) is 14.3 Å². The Morgan fingerprint density at radius 2 is 2.06 bits per heavy atom. The van der Waals surface area contributed by atoms with E-state index >= 15 is 0 Å². The summed E-state index contributed by atoms with van der Waals surface area (Å²) < 4.78 is 5.20. The Morgan fingerprint density at radius 1 is 1.44 bits per heavy atom. The lowest BCUT2D eigenvalue weighted by Crippen LogP contribution is -2.34. The van der Waals surface area contributed by atoms with Crippen LogP contribution in [0.4, 0.5) is 0 Å². The molecule has 0 aliphatic heterocycles. The SMILES string of the molecule is C=C(/C=C\C=C(/CC)CC=O)OC(C)(C)C(=O)O. The van der Waals surface area contributed by atoms with E-state index in [2.05, 4.69) is 6.58 Å². The molecule has 0 aromatic rings. The Morgan fingerprint density at radius 3 is 2.50 bits per heavy atom. The van der Waals surface area contributed by atoms with Crippen LogP contribution in [0.2, 0.25) is 0 Å². The zero-order chi connectivity index (χ0) is 14.2. The normalized spacial score (nSPS) is 12.5. The van der Waals surface area contributed by atoms with Crippen LogP contribution in [0, 0.1) is 0 Å². The number of carboxylic acids is 1. The minimum absolute atomic E-state index is 0.264. The minimum atomic E-state index is -1.30. The van der Waals surface area contributed by atoms with Crippen LogP contribution in [0.1, 0.15) is 33.6 Å². The Kier molecular flexibility index (Phi) is 6.71. The van der Waals surface area contributed by atoms with Crippen molar-refractivity contribution in [1.82, 2.24) is 0 Å². The number of ether oxygens (including phenoxy) is 1. The topological polar surface area (TPSA) is 63.6 Å². The summed E-state index contributed by atoms with van der Waals surface area (Å²) >= 11 is 0. The van der Waals surface area contributed by atoms with Crippen molar-refractivity contribution in [2.24, 2.45) is 0 Å². The number of aliphatic carboxylic acids is 1. The highest BCUT2D eigenvalue weighted by atomic mass is 16.5. The Labute approximate surface area is 108 Å². The van der Waals surface area contributed by atoms with Crippen molar-refractivity contribution >= 4 is 12.3 Å². The first-order chi connectivity index (χ1) is 8.33. The van der Waals surface area contributed by atoms with Crippen molar-refractivity contribution in [1.29, 1.82) is 0 Å². The van der Waals surface area contributed by atoms with Crippen LogP contribution in [0.5, 0.6) is 0 Å². The van der Waals surface area contributed by atoms with Crippen molar-refractivity contribution in [2.45, 2.75) is 39.2 Å². The molecule has 0 fully saturated rings. The monoisotopic (exact) mass is 252 g/mol. The average Bonchev–Trinajstić information content (AvgIpc) is 2.26. The van der Waals surface area contributed by atoms with E-state index in [9.17, 15) is 9.59 Å². The Balaban J connectivity index is 4.49. The van der Waals surface area contributed by atoms with Crippen molar-refractivity contribution in [3.8, 4) is 0 Å². The smallest absolute Gasteiger partial charge is 0.347 e. The molecule has 100 valence electrons. The fourth-order valence-corrected chi connectivity index (χ4v) is 1.13. The lowest BCUT2D eigenvalue weighted by Gasteiger charge is -2.21. The molecule has 1 N–H and O–H groups in total. The third kappa shape index (κ3) is 6.03. The predicted molar refractivity (Wildman–Crippen MR) is 70.1 cm³/mol. The molecule has 0 atom stereocenters. The maximum absolute atomic E-state index is 10.8. The van der Waals surface area contributed by atoms with E-state index in [-0.39, 0.29) is 5.76 Å². The summed E-state index contributed by atoms with van der Waals surface area (Å²) in [6.07, 6.45) is 7.11. The summed E-state index contributed by atoms with van der Waals surface area (Å²) in [6, 6.07) is 0. The molecule has 0 saturated heterocycles. The molecule has 0 amide bonds. The van der Waals surface area contributed by atoms with Crippen molar-refractivity contribution < 1.29 is 19.4 Å². The molecular weight excluding hydrogens is 232 g/mol. The number of carboxylic acid groups (broad SMARTS) is 1. The maximum Gasteiger partial charge on any atom is 0.347 e. The maximum atomic E-state index is 10.8. The molecule has 4 heteroatoms. The molecule has 18 heavy (non-hydrogen) atoms. The van der Waals surface area contributed by atoms with Gasteiger partial charge in [-0.15, -0.1) is 0 Å². The average molecular weight is 252 g/mol. The second-order valence-corrected chi connectivity index (χ2v) is 4.29. The lowest BCUT2D eigenvalue weighted by atomic mass is 10.1. The predicted octanol–water partition coefficient (Wildman–Crippen LogP) is 2.86. The fraction of sp³-hybridized carbons (Fsp3) is 0.429. The van der Waals surface area contributed by atoms with Crippen LogP contribution in [0.3, 0.4) is 0 Å². The fourth-order valence-electron chi connectivity index (χ4n) is 1.13. The third-order valence-electron chi connectivity index (χ3n) is 2.31. The first-order valence-electron chi connectivity index (χ1n) is 5.74. The summed E-state index contributed by atoms with van der Waals surface area (Å²) in [5.74, 6) is -0.789. The van der Waals surface area contributed by atoms with Crippen molar-refractivity contribution in [2.75, 3.05) is 0 Å². The minimum Gasteiger partial charge on any atom is -0.478 e. The van der Waals surface area contributed by atoms with Gasteiger partial charge >= 0.3 is 5.97 Å². The highest BCUT2D eigenvalue weighted by molar-refractivity contribution is 5.76. The molecule has 4 nitrogen and oxygen atoms in total. The molecule has 0 aromatic heterocycles. The Bertz CT molecular complexity index is 375. The van der Waals surface area contributed by atoms with E-state index < -0.39 is 11.6 Å². The summed E-state index contributed by atoms with van der Waals surface area (Å²) in [5, 5.41) is 8.87. The van der Waals surface area contributed by atoms with Gasteiger partial charge in [0.2, 0.25) is 0 Å².